The van der Waals surface area contributed by atoms with Crippen LogP contribution in [-0.2, 0) is 9.53 Å². The third-order valence-electron chi connectivity index (χ3n) is 4.61. The molecule has 2 aromatic heterocycles. The van der Waals surface area contributed by atoms with E-state index in [0.717, 1.165) is 48.3 Å². The number of rotatable bonds is 3. The number of fused-ring (bicyclic) bond motifs is 1. The minimum atomic E-state index is -0.216. The lowest BCUT2D eigenvalue weighted by atomic mass is 10.1. The molecule has 0 aliphatic carbocycles. The molecule has 7 heteroatoms. The van der Waals surface area contributed by atoms with Crippen LogP contribution in [0, 0.1) is 0 Å². The van der Waals surface area contributed by atoms with Gasteiger partial charge in [-0.1, -0.05) is 11.6 Å². The lowest BCUT2D eigenvalue weighted by Crippen LogP contribution is -2.38. The molecule has 0 saturated carbocycles. The second-order valence-electron chi connectivity index (χ2n) is 6.40. The lowest BCUT2D eigenvalue weighted by Gasteiger charge is -2.31. The molecule has 0 radical (unpaired) electrons. The average Bonchev–Trinajstić information content (AvgIpc) is 3.02. The van der Waals surface area contributed by atoms with Gasteiger partial charge in [-0.2, -0.15) is 0 Å². The second-order valence-corrected chi connectivity index (χ2v) is 6.84. The Morgan fingerprint density at radius 2 is 1.92 bits per heavy atom. The van der Waals surface area contributed by atoms with E-state index in [1.165, 1.54) is 6.92 Å². The summed E-state index contributed by atoms with van der Waals surface area (Å²) in [6, 6.07) is 9.58. The summed E-state index contributed by atoms with van der Waals surface area (Å²) in [7, 11) is 0. The van der Waals surface area contributed by atoms with Gasteiger partial charge in [0.05, 0.1) is 17.4 Å². The quantitative estimate of drug-likeness (QED) is 0.659. The van der Waals surface area contributed by atoms with Crippen molar-refractivity contribution in [2.24, 2.45) is 0 Å². The largest absolute Gasteiger partial charge is 0.462 e. The molecule has 3 heterocycles. The van der Waals surface area contributed by atoms with Gasteiger partial charge in [-0.3, -0.25) is 9.78 Å². The van der Waals surface area contributed by atoms with E-state index in [0.29, 0.717) is 5.02 Å². The number of aromatic nitrogens is 3. The number of carbonyl (C=O) groups excluding carboxylic acids is 1. The number of anilines is 1. The smallest absolute Gasteiger partial charge is 0.302 e. The zero-order valence-electron chi connectivity index (χ0n) is 14.4. The Balaban J connectivity index is 1.66. The Morgan fingerprint density at radius 3 is 2.62 bits per heavy atom. The van der Waals surface area contributed by atoms with Gasteiger partial charge in [0.15, 0.2) is 5.82 Å². The van der Waals surface area contributed by atoms with E-state index < -0.39 is 0 Å². The maximum Gasteiger partial charge on any atom is 0.302 e. The van der Waals surface area contributed by atoms with Crippen LogP contribution in [0.4, 0.5) is 5.82 Å². The van der Waals surface area contributed by atoms with Crippen LogP contribution in [-0.4, -0.2) is 39.9 Å². The molecule has 1 fully saturated rings. The summed E-state index contributed by atoms with van der Waals surface area (Å²) >= 11 is 6.01. The molecule has 0 N–H and O–H groups in total. The van der Waals surface area contributed by atoms with E-state index in [1.807, 2.05) is 41.2 Å². The number of piperidine rings is 1. The maximum atomic E-state index is 11.2. The maximum absolute atomic E-state index is 11.2. The fourth-order valence-electron chi connectivity index (χ4n) is 3.38. The van der Waals surface area contributed by atoms with Crippen LogP contribution in [0.5, 0.6) is 0 Å². The van der Waals surface area contributed by atoms with E-state index in [9.17, 15) is 4.79 Å². The number of esters is 1. The molecule has 0 unspecified atom stereocenters. The van der Waals surface area contributed by atoms with E-state index in [1.54, 1.807) is 6.20 Å². The molecular formula is C19H19ClN4O2. The molecule has 1 aliphatic rings. The Labute approximate surface area is 156 Å². The molecule has 26 heavy (non-hydrogen) atoms. The second kappa shape index (κ2) is 6.96. The molecule has 3 aromatic rings. The Morgan fingerprint density at radius 1 is 1.19 bits per heavy atom. The third-order valence-corrected chi connectivity index (χ3v) is 4.86. The highest BCUT2D eigenvalue weighted by atomic mass is 35.5. The van der Waals surface area contributed by atoms with Crippen LogP contribution in [0.1, 0.15) is 19.8 Å². The minimum Gasteiger partial charge on any atom is -0.462 e. The van der Waals surface area contributed by atoms with Crippen LogP contribution in [0.15, 0.2) is 42.7 Å². The molecule has 4 rings (SSSR count). The minimum absolute atomic E-state index is 0.00460. The van der Waals surface area contributed by atoms with Crippen molar-refractivity contribution >= 4 is 34.3 Å². The van der Waals surface area contributed by atoms with Crippen LogP contribution in [0.3, 0.4) is 0 Å². The van der Waals surface area contributed by atoms with Crippen LogP contribution >= 0.6 is 11.6 Å². The molecule has 1 aliphatic heterocycles. The summed E-state index contributed by atoms with van der Waals surface area (Å²) in [6.07, 6.45) is 5.21. The van der Waals surface area contributed by atoms with Crippen LogP contribution < -0.4 is 4.90 Å². The SMILES string of the molecule is CC(=O)OC1CCN(c2nn(-c3ccc(Cl)cc3)c3cnccc23)CC1. The number of halogens is 1. The highest BCUT2D eigenvalue weighted by Crippen LogP contribution is 2.30. The van der Waals surface area contributed by atoms with Crippen molar-refractivity contribution in [3.63, 3.8) is 0 Å². The van der Waals surface area contributed by atoms with Gasteiger partial charge >= 0.3 is 5.97 Å². The van der Waals surface area contributed by atoms with Crippen LogP contribution in [0.2, 0.25) is 5.02 Å². The first kappa shape index (κ1) is 16.8. The molecule has 0 bridgehead atoms. The first-order valence-corrected chi connectivity index (χ1v) is 9.00. The Bertz CT molecular complexity index is 930. The van der Waals surface area contributed by atoms with E-state index >= 15 is 0 Å². The van der Waals surface area contributed by atoms with Gasteiger partial charge < -0.3 is 9.64 Å². The number of hydrogen-bond acceptors (Lipinski definition) is 5. The van der Waals surface area contributed by atoms with Gasteiger partial charge in [0.2, 0.25) is 0 Å². The third kappa shape index (κ3) is 3.24. The number of ether oxygens (including phenoxy) is 1. The first-order chi connectivity index (χ1) is 12.6. The molecule has 134 valence electrons. The summed E-state index contributed by atoms with van der Waals surface area (Å²) in [4.78, 5) is 17.7. The summed E-state index contributed by atoms with van der Waals surface area (Å²) in [5.74, 6) is 0.714. The summed E-state index contributed by atoms with van der Waals surface area (Å²) in [6.45, 7) is 3.06. The molecule has 1 aromatic carbocycles. The molecule has 0 amide bonds. The van der Waals surface area contributed by atoms with E-state index in [2.05, 4.69) is 9.88 Å². The topological polar surface area (TPSA) is 60.2 Å². The Hall–Kier alpha value is -2.60. The zero-order valence-corrected chi connectivity index (χ0v) is 15.2. The molecule has 6 nitrogen and oxygen atoms in total. The summed E-state index contributed by atoms with van der Waals surface area (Å²) < 4.78 is 7.23. The van der Waals surface area contributed by atoms with Gasteiger partial charge in [0.25, 0.3) is 0 Å². The fraction of sp³-hybridized carbons (Fsp3) is 0.316. The average molecular weight is 371 g/mol. The normalized spacial score (nSPS) is 15.4. The standard InChI is InChI=1S/C19H19ClN4O2/c1-13(25)26-16-7-10-23(11-8-16)19-17-6-9-21-12-18(17)24(22-19)15-4-2-14(20)3-5-15/h2-6,9,12,16H,7-8,10-11H2,1H3. The monoisotopic (exact) mass is 370 g/mol. The number of benzene rings is 1. The molecule has 0 spiro atoms. The first-order valence-electron chi connectivity index (χ1n) is 8.62. The number of nitrogens with zero attached hydrogens (tertiary/aromatic N) is 4. The van der Waals surface area contributed by atoms with E-state index in [-0.39, 0.29) is 12.1 Å². The fourth-order valence-corrected chi connectivity index (χ4v) is 3.51. The van der Waals surface area contributed by atoms with E-state index in [4.69, 9.17) is 21.4 Å². The number of carbonyl (C=O) groups is 1. The number of hydrogen-bond donors (Lipinski definition) is 0. The summed E-state index contributed by atoms with van der Waals surface area (Å²) in [5.41, 5.74) is 1.89. The van der Waals surface area contributed by atoms with Crippen molar-refractivity contribution in [1.29, 1.82) is 0 Å². The highest BCUT2D eigenvalue weighted by Gasteiger charge is 2.25. The predicted molar refractivity (Wildman–Crippen MR) is 101 cm³/mol. The van der Waals surface area contributed by atoms with Crippen molar-refractivity contribution in [1.82, 2.24) is 14.8 Å². The zero-order chi connectivity index (χ0) is 18.1. The van der Waals surface area contributed by atoms with Gasteiger partial charge in [-0.25, -0.2) is 4.68 Å². The highest BCUT2D eigenvalue weighted by molar-refractivity contribution is 6.30. The molecular weight excluding hydrogens is 352 g/mol. The predicted octanol–water partition coefficient (Wildman–Crippen LogP) is 3.61. The van der Waals surface area contributed by atoms with Gasteiger partial charge in [0.1, 0.15) is 6.10 Å². The van der Waals surface area contributed by atoms with Crippen molar-refractivity contribution in [2.75, 3.05) is 18.0 Å². The van der Waals surface area contributed by atoms with Gasteiger partial charge in [0, 0.05) is 49.5 Å². The van der Waals surface area contributed by atoms with Crippen LogP contribution in [0.25, 0.3) is 16.6 Å². The lowest BCUT2D eigenvalue weighted by molar-refractivity contribution is -0.147. The Kier molecular flexibility index (Phi) is 4.51. The van der Waals surface area contributed by atoms with Crippen molar-refractivity contribution < 1.29 is 9.53 Å². The van der Waals surface area contributed by atoms with Crippen molar-refractivity contribution in [2.45, 2.75) is 25.9 Å². The van der Waals surface area contributed by atoms with Crippen molar-refractivity contribution in [3.8, 4) is 5.69 Å². The molecule has 1 saturated heterocycles. The van der Waals surface area contributed by atoms with Gasteiger partial charge in [-0.05, 0) is 30.3 Å². The molecule has 0 atom stereocenters. The number of pyridine rings is 1. The summed E-state index contributed by atoms with van der Waals surface area (Å²) in [5, 5.41) is 6.60. The van der Waals surface area contributed by atoms with Gasteiger partial charge in [-0.15, -0.1) is 5.10 Å². The van der Waals surface area contributed by atoms with Crippen molar-refractivity contribution in [3.05, 3.63) is 47.7 Å².